The molecule has 146 valence electrons. The van der Waals surface area contributed by atoms with Gasteiger partial charge in [-0.15, -0.1) is 23.5 Å². The largest absolute Gasteiger partial charge is 0.506 e. The lowest BCUT2D eigenvalue weighted by atomic mass is 10.1. The van der Waals surface area contributed by atoms with E-state index in [1.165, 1.54) is 16.7 Å². The van der Waals surface area contributed by atoms with E-state index >= 15 is 0 Å². The summed E-state index contributed by atoms with van der Waals surface area (Å²) in [7, 11) is 0. The first-order valence-electron chi connectivity index (χ1n) is 9.89. The molecule has 0 radical (unpaired) electrons. The van der Waals surface area contributed by atoms with Gasteiger partial charge in [0.25, 0.3) is 0 Å². The number of rotatable bonds is 10. The van der Waals surface area contributed by atoms with E-state index in [-0.39, 0.29) is 0 Å². The molecule has 0 saturated carbocycles. The van der Waals surface area contributed by atoms with Crippen LogP contribution in [0.4, 0.5) is 0 Å². The van der Waals surface area contributed by atoms with Crippen LogP contribution in [0.3, 0.4) is 0 Å². The lowest BCUT2D eigenvalue weighted by Gasteiger charge is -2.11. The summed E-state index contributed by atoms with van der Waals surface area (Å²) in [6.07, 6.45) is 4.40. The van der Waals surface area contributed by atoms with Crippen molar-refractivity contribution in [1.82, 2.24) is 0 Å². The normalized spacial score (nSPS) is 10.9. The van der Waals surface area contributed by atoms with Crippen LogP contribution in [0.15, 0.2) is 82.6 Å². The van der Waals surface area contributed by atoms with Crippen LogP contribution in [0.25, 0.3) is 0 Å². The molecular formula is C25H28OS2. The van der Waals surface area contributed by atoms with Crippen molar-refractivity contribution >= 4 is 23.5 Å². The first-order valence-corrected chi connectivity index (χ1v) is 11.9. The second-order valence-corrected chi connectivity index (χ2v) is 9.26. The molecule has 0 atom stereocenters. The highest BCUT2D eigenvalue weighted by atomic mass is 32.2. The van der Waals surface area contributed by atoms with E-state index in [9.17, 15) is 5.11 Å². The fraction of sp³-hybridized carbons (Fsp3) is 0.280. The summed E-state index contributed by atoms with van der Waals surface area (Å²) in [6.45, 7) is 2.11. The van der Waals surface area contributed by atoms with Crippen LogP contribution in [-0.2, 0) is 12.8 Å². The summed E-state index contributed by atoms with van der Waals surface area (Å²) in [5, 5.41) is 10.7. The molecule has 0 saturated heterocycles. The van der Waals surface area contributed by atoms with Crippen molar-refractivity contribution < 1.29 is 5.11 Å². The van der Waals surface area contributed by atoms with E-state index in [1.54, 1.807) is 23.5 Å². The SMILES string of the molecule is Cc1cc(SCCCc2ccccc2)c(O)c(SCCCc2ccccc2)c1. The molecule has 1 nitrogen and oxygen atoms in total. The molecule has 0 amide bonds. The minimum absolute atomic E-state index is 0.458. The molecule has 1 N–H and O–H groups in total. The molecule has 0 aliphatic carbocycles. The Hall–Kier alpha value is -1.84. The second-order valence-electron chi connectivity index (χ2n) is 6.99. The Bertz CT molecular complexity index is 778. The smallest absolute Gasteiger partial charge is 0.142 e. The summed E-state index contributed by atoms with van der Waals surface area (Å²) in [5.41, 5.74) is 3.98. The van der Waals surface area contributed by atoms with E-state index in [0.717, 1.165) is 47.0 Å². The van der Waals surface area contributed by atoms with Gasteiger partial charge in [0.15, 0.2) is 0 Å². The maximum absolute atomic E-state index is 10.7. The van der Waals surface area contributed by atoms with Gasteiger partial charge in [-0.1, -0.05) is 60.7 Å². The lowest BCUT2D eigenvalue weighted by molar-refractivity contribution is 0.448. The van der Waals surface area contributed by atoms with Gasteiger partial charge in [-0.25, -0.2) is 0 Å². The molecular weight excluding hydrogens is 380 g/mol. The van der Waals surface area contributed by atoms with Gasteiger partial charge in [-0.05, 0) is 72.9 Å². The topological polar surface area (TPSA) is 20.2 Å². The Morgan fingerprint density at radius 3 is 1.54 bits per heavy atom. The quantitative estimate of drug-likeness (QED) is 0.284. The Kier molecular flexibility index (Phi) is 8.38. The molecule has 0 unspecified atom stereocenters. The second kappa shape index (κ2) is 11.2. The third kappa shape index (κ3) is 6.65. The fourth-order valence-electron chi connectivity index (χ4n) is 3.14. The zero-order valence-corrected chi connectivity index (χ0v) is 18.1. The van der Waals surface area contributed by atoms with Crippen LogP contribution in [0, 0.1) is 6.92 Å². The Morgan fingerprint density at radius 1 is 0.679 bits per heavy atom. The summed E-state index contributed by atoms with van der Waals surface area (Å²) in [6, 6.07) is 25.4. The van der Waals surface area contributed by atoms with Gasteiger partial charge < -0.3 is 5.11 Å². The predicted octanol–water partition coefficient (Wildman–Crippen LogP) is 7.15. The maximum Gasteiger partial charge on any atom is 0.142 e. The van der Waals surface area contributed by atoms with Gasteiger partial charge >= 0.3 is 0 Å². The van der Waals surface area contributed by atoms with Gasteiger partial charge in [0, 0.05) is 0 Å². The highest BCUT2D eigenvalue weighted by Gasteiger charge is 2.10. The summed E-state index contributed by atoms with van der Waals surface area (Å²) in [5.74, 6) is 2.49. The molecule has 0 aromatic heterocycles. The van der Waals surface area contributed by atoms with Gasteiger partial charge in [0.2, 0.25) is 0 Å². The van der Waals surface area contributed by atoms with Gasteiger partial charge in [0.05, 0.1) is 9.79 Å². The van der Waals surface area contributed by atoms with Crippen LogP contribution < -0.4 is 0 Å². The standard InChI is InChI=1S/C25H28OS2/c1-20-18-23(27-16-8-14-21-10-4-2-5-11-21)25(26)24(19-20)28-17-9-15-22-12-6-3-7-13-22/h2-7,10-13,18-19,26H,8-9,14-17H2,1H3. The zero-order chi connectivity index (χ0) is 19.6. The van der Waals surface area contributed by atoms with Crippen molar-refractivity contribution in [2.24, 2.45) is 0 Å². The number of hydrogen-bond acceptors (Lipinski definition) is 3. The molecule has 0 fully saturated rings. The monoisotopic (exact) mass is 408 g/mol. The van der Waals surface area contributed by atoms with Crippen LogP contribution in [-0.4, -0.2) is 16.6 Å². The van der Waals surface area contributed by atoms with E-state index in [2.05, 4.69) is 79.7 Å². The molecule has 3 rings (SSSR count). The van der Waals surface area contributed by atoms with Crippen LogP contribution in [0.2, 0.25) is 0 Å². The highest BCUT2D eigenvalue weighted by molar-refractivity contribution is 8.00. The Labute approximate surface area is 177 Å². The first-order chi connectivity index (χ1) is 13.7. The van der Waals surface area contributed by atoms with Gasteiger partial charge in [-0.3, -0.25) is 0 Å². The number of phenols is 1. The Morgan fingerprint density at radius 2 is 1.11 bits per heavy atom. The molecule has 3 aromatic rings. The van der Waals surface area contributed by atoms with Crippen LogP contribution >= 0.6 is 23.5 Å². The van der Waals surface area contributed by atoms with E-state index in [4.69, 9.17) is 0 Å². The van der Waals surface area contributed by atoms with Gasteiger partial charge in [-0.2, -0.15) is 0 Å². The number of hydrogen-bond donors (Lipinski definition) is 1. The first kappa shape index (κ1) is 20.9. The summed E-state index contributed by atoms with van der Waals surface area (Å²) in [4.78, 5) is 2.03. The molecule has 3 aromatic carbocycles. The van der Waals surface area contributed by atoms with E-state index < -0.39 is 0 Å². The minimum atomic E-state index is 0.458. The Balaban J connectivity index is 1.48. The average molecular weight is 409 g/mol. The minimum Gasteiger partial charge on any atom is -0.506 e. The zero-order valence-electron chi connectivity index (χ0n) is 16.4. The van der Waals surface area contributed by atoms with Crippen LogP contribution in [0.1, 0.15) is 29.5 Å². The van der Waals surface area contributed by atoms with Crippen LogP contribution in [0.5, 0.6) is 5.75 Å². The van der Waals surface area contributed by atoms with Crippen molar-refractivity contribution in [3.05, 3.63) is 89.5 Å². The molecule has 0 bridgehead atoms. The van der Waals surface area contributed by atoms with E-state index in [1.807, 2.05) is 0 Å². The number of benzene rings is 3. The number of aryl methyl sites for hydroxylation is 3. The lowest BCUT2D eigenvalue weighted by Crippen LogP contribution is -1.90. The molecule has 28 heavy (non-hydrogen) atoms. The number of aromatic hydroxyl groups is 1. The van der Waals surface area contributed by atoms with E-state index in [0.29, 0.717) is 5.75 Å². The number of phenolic OH excluding ortho intramolecular Hbond substituents is 1. The molecule has 0 aliphatic rings. The van der Waals surface area contributed by atoms with Crippen molar-refractivity contribution in [2.75, 3.05) is 11.5 Å². The van der Waals surface area contributed by atoms with Gasteiger partial charge in [0.1, 0.15) is 5.75 Å². The molecule has 0 aliphatic heterocycles. The summed E-state index contributed by atoms with van der Waals surface area (Å²) < 4.78 is 0. The third-order valence-electron chi connectivity index (χ3n) is 4.60. The molecule has 0 spiro atoms. The fourth-order valence-corrected chi connectivity index (χ4v) is 5.25. The maximum atomic E-state index is 10.7. The van der Waals surface area contributed by atoms with Crippen molar-refractivity contribution in [3.63, 3.8) is 0 Å². The highest BCUT2D eigenvalue weighted by Crippen LogP contribution is 2.39. The molecule has 3 heteroatoms. The molecule has 0 heterocycles. The van der Waals surface area contributed by atoms with Crippen molar-refractivity contribution in [3.8, 4) is 5.75 Å². The summed E-state index contributed by atoms with van der Waals surface area (Å²) >= 11 is 3.53. The predicted molar refractivity (Wildman–Crippen MR) is 124 cm³/mol. The van der Waals surface area contributed by atoms with Crippen molar-refractivity contribution in [1.29, 1.82) is 0 Å². The number of thioether (sulfide) groups is 2. The average Bonchev–Trinajstić information content (AvgIpc) is 2.73. The third-order valence-corrected chi connectivity index (χ3v) is 6.83. The van der Waals surface area contributed by atoms with Crippen molar-refractivity contribution in [2.45, 2.75) is 42.4 Å².